The first kappa shape index (κ1) is 19.9. The van der Waals surface area contributed by atoms with Crippen LogP contribution in [-0.2, 0) is 11.3 Å². The molecule has 2 amide bonds. The zero-order valence-electron chi connectivity index (χ0n) is 17.3. The van der Waals surface area contributed by atoms with E-state index in [0.717, 1.165) is 23.2 Å². The Morgan fingerprint density at radius 3 is 2.81 bits per heavy atom. The third-order valence-electron chi connectivity index (χ3n) is 6.17. The molecular formula is C24H20FN5O2. The number of amides is 2. The van der Waals surface area contributed by atoms with Crippen LogP contribution in [0.4, 0.5) is 15.8 Å². The fraction of sp³-hybridized carbons (Fsp3) is 0.250. The van der Waals surface area contributed by atoms with Gasteiger partial charge in [-0.2, -0.15) is 5.10 Å². The van der Waals surface area contributed by atoms with Gasteiger partial charge in [0.2, 0.25) is 5.91 Å². The number of aromatic nitrogens is 2. The highest BCUT2D eigenvalue weighted by Gasteiger charge is 2.52. The standard InChI is InChI=1S/C24H20FN5O2/c1-26-15-8-9-20-17(10-15)16-11-18(16)21(24(32)29(20)2)27-23(31)22-19(25)13-30(28-22)12-14-6-4-3-5-7-14/h3-10,13,16,18,21H,11-12H2,2H3,(H,27,31)/t16-,18-,21-/m0/s1. The van der Waals surface area contributed by atoms with E-state index in [0.29, 0.717) is 12.2 Å². The van der Waals surface area contributed by atoms with E-state index in [1.807, 2.05) is 36.4 Å². The molecule has 2 aromatic carbocycles. The van der Waals surface area contributed by atoms with Crippen molar-refractivity contribution in [2.75, 3.05) is 11.9 Å². The third kappa shape index (κ3) is 3.42. The van der Waals surface area contributed by atoms with Gasteiger partial charge in [0.1, 0.15) is 6.04 Å². The maximum atomic E-state index is 14.5. The molecule has 2 aliphatic rings. The highest BCUT2D eigenvalue weighted by molar-refractivity contribution is 6.03. The van der Waals surface area contributed by atoms with E-state index < -0.39 is 17.8 Å². The van der Waals surface area contributed by atoms with Crippen LogP contribution < -0.4 is 10.2 Å². The van der Waals surface area contributed by atoms with Gasteiger partial charge in [0.15, 0.2) is 17.2 Å². The second-order valence-corrected chi connectivity index (χ2v) is 8.22. The van der Waals surface area contributed by atoms with Crippen molar-refractivity contribution in [2.24, 2.45) is 5.92 Å². The summed E-state index contributed by atoms with van der Waals surface area (Å²) in [6, 6.07) is 13.9. The Balaban J connectivity index is 1.36. The minimum Gasteiger partial charge on any atom is -0.338 e. The Hall–Kier alpha value is -3.99. The molecule has 0 unspecified atom stereocenters. The number of hydrogen-bond donors (Lipinski definition) is 1. The summed E-state index contributed by atoms with van der Waals surface area (Å²) in [6.45, 7) is 7.58. The molecule has 2 heterocycles. The van der Waals surface area contributed by atoms with Crippen LogP contribution >= 0.6 is 0 Å². The summed E-state index contributed by atoms with van der Waals surface area (Å²) in [5.41, 5.74) is 2.80. The van der Waals surface area contributed by atoms with Crippen molar-refractivity contribution in [2.45, 2.75) is 24.9 Å². The van der Waals surface area contributed by atoms with Crippen molar-refractivity contribution in [3.05, 3.63) is 88.8 Å². The van der Waals surface area contributed by atoms with Crippen molar-refractivity contribution in [1.29, 1.82) is 0 Å². The van der Waals surface area contributed by atoms with E-state index in [2.05, 4.69) is 15.3 Å². The van der Waals surface area contributed by atoms with Crippen molar-refractivity contribution in [3.8, 4) is 0 Å². The van der Waals surface area contributed by atoms with Gasteiger partial charge in [-0.15, -0.1) is 0 Å². The normalized spacial score (nSPS) is 21.2. The molecule has 0 saturated heterocycles. The van der Waals surface area contributed by atoms with Crippen LogP contribution in [0, 0.1) is 18.3 Å². The van der Waals surface area contributed by atoms with E-state index in [9.17, 15) is 14.0 Å². The first-order chi connectivity index (χ1) is 15.5. The Morgan fingerprint density at radius 1 is 1.28 bits per heavy atom. The number of nitrogens with zero attached hydrogens (tertiary/aromatic N) is 4. The van der Waals surface area contributed by atoms with Crippen LogP contribution in [0.25, 0.3) is 4.85 Å². The maximum Gasteiger partial charge on any atom is 0.275 e. The molecule has 3 aromatic rings. The summed E-state index contributed by atoms with van der Waals surface area (Å²) in [6.07, 6.45) is 1.91. The molecule has 0 radical (unpaired) electrons. The van der Waals surface area contributed by atoms with E-state index in [4.69, 9.17) is 6.57 Å². The van der Waals surface area contributed by atoms with Crippen LogP contribution in [-0.4, -0.2) is 34.7 Å². The van der Waals surface area contributed by atoms with Gasteiger partial charge >= 0.3 is 0 Å². The highest BCUT2D eigenvalue weighted by Crippen LogP contribution is 2.55. The Kier molecular flexibility index (Phi) is 4.74. The lowest BCUT2D eigenvalue weighted by atomic mass is 10.0. The van der Waals surface area contributed by atoms with Crippen molar-refractivity contribution < 1.29 is 14.0 Å². The van der Waals surface area contributed by atoms with E-state index in [-0.39, 0.29) is 23.4 Å². The summed E-state index contributed by atoms with van der Waals surface area (Å²) in [7, 11) is 1.65. The summed E-state index contributed by atoms with van der Waals surface area (Å²) in [4.78, 5) is 31.0. The smallest absolute Gasteiger partial charge is 0.275 e. The Bertz CT molecular complexity index is 1260. The molecule has 1 aliphatic carbocycles. The monoisotopic (exact) mass is 429 g/mol. The maximum absolute atomic E-state index is 14.5. The zero-order chi connectivity index (χ0) is 22.4. The number of fused-ring (bicyclic) bond motifs is 3. The fourth-order valence-corrected chi connectivity index (χ4v) is 4.45. The SMILES string of the molecule is [C-]#[N+]c1ccc2c(c1)[C@@H]1C[C@@H]1[C@H](NC(=O)c1nn(Cc3ccccc3)cc1F)C(=O)N2C. The lowest BCUT2D eigenvalue weighted by Gasteiger charge is -2.23. The van der Waals surface area contributed by atoms with Gasteiger partial charge in [-0.3, -0.25) is 14.3 Å². The molecule has 3 atom stereocenters. The molecule has 1 aromatic heterocycles. The first-order valence-electron chi connectivity index (χ1n) is 10.3. The number of carbonyl (C=O) groups excluding carboxylic acids is 2. The number of rotatable bonds is 4. The van der Waals surface area contributed by atoms with Crippen LogP contribution in [0.3, 0.4) is 0 Å². The second-order valence-electron chi connectivity index (χ2n) is 8.22. The Labute approximate surface area is 184 Å². The van der Waals surface area contributed by atoms with Gasteiger partial charge in [0, 0.05) is 12.7 Å². The number of anilines is 1. The third-order valence-corrected chi connectivity index (χ3v) is 6.17. The van der Waals surface area contributed by atoms with Gasteiger partial charge in [-0.1, -0.05) is 42.5 Å². The molecule has 0 spiro atoms. The first-order valence-corrected chi connectivity index (χ1v) is 10.3. The number of halogens is 1. The molecule has 8 heteroatoms. The fourth-order valence-electron chi connectivity index (χ4n) is 4.45. The number of carbonyl (C=O) groups is 2. The van der Waals surface area contributed by atoms with Crippen LogP contribution in [0.2, 0.25) is 0 Å². The minimum atomic E-state index is -0.778. The number of benzene rings is 2. The largest absolute Gasteiger partial charge is 0.338 e. The number of likely N-dealkylation sites (N-methyl/N-ethyl adjacent to an activating group) is 1. The second kappa shape index (κ2) is 7.61. The van der Waals surface area contributed by atoms with Gasteiger partial charge < -0.3 is 10.2 Å². The van der Waals surface area contributed by atoms with Crippen LogP contribution in [0.5, 0.6) is 0 Å². The summed E-state index contributed by atoms with van der Waals surface area (Å²) in [5, 5.41) is 6.83. The molecule has 5 rings (SSSR count). The predicted octanol–water partition coefficient (Wildman–Crippen LogP) is 3.50. The minimum absolute atomic E-state index is 0.0754. The predicted molar refractivity (Wildman–Crippen MR) is 116 cm³/mol. The molecule has 1 N–H and O–H groups in total. The van der Waals surface area contributed by atoms with Crippen molar-refractivity contribution in [1.82, 2.24) is 15.1 Å². The van der Waals surface area contributed by atoms with E-state index in [1.165, 1.54) is 15.8 Å². The topological polar surface area (TPSA) is 71.6 Å². The molecule has 1 fully saturated rings. The van der Waals surface area contributed by atoms with E-state index in [1.54, 1.807) is 19.2 Å². The molecule has 1 aliphatic heterocycles. The Morgan fingerprint density at radius 2 is 2.06 bits per heavy atom. The highest BCUT2D eigenvalue weighted by atomic mass is 19.1. The van der Waals surface area contributed by atoms with Gasteiger partial charge in [0.05, 0.1) is 19.3 Å². The molecule has 7 nitrogen and oxygen atoms in total. The zero-order valence-corrected chi connectivity index (χ0v) is 17.3. The summed E-state index contributed by atoms with van der Waals surface area (Å²) >= 11 is 0. The van der Waals surface area contributed by atoms with Crippen LogP contribution in [0.15, 0.2) is 54.7 Å². The van der Waals surface area contributed by atoms with Crippen molar-refractivity contribution >= 4 is 23.2 Å². The number of nitrogens with one attached hydrogen (secondary N) is 1. The molecule has 160 valence electrons. The molecule has 1 saturated carbocycles. The molecule has 32 heavy (non-hydrogen) atoms. The van der Waals surface area contributed by atoms with Gasteiger partial charge in [-0.25, -0.2) is 9.24 Å². The van der Waals surface area contributed by atoms with Crippen LogP contribution in [0.1, 0.15) is 34.0 Å². The van der Waals surface area contributed by atoms with Crippen molar-refractivity contribution in [3.63, 3.8) is 0 Å². The number of hydrogen-bond acceptors (Lipinski definition) is 3. The van der Waals surface area contributed by atoms with Gasteiger partial charge in [0.25, 0.3) is 5.91 Å². The molecule has 0 bridgehead atoms. The lowest BCUT2D eigenvalue weighted by Crippen LogP contribution is -2.48. The summed E-state index contributed by atoms with van der Waals surface area (Å²) < 4.78 is 15.9. The lowest BCUT2D eigenvalue weighted by molar-refractivity contribution is -0.120. The average molecular weight is 429 g/mol. The van der Waals surface area contributed by atoms with E-state index >= 15 is 0 Å². The molecular weight excluding hydrogens is 409 g/mol. The van der Waals surface area contributed by atoms with Gasteiger partial charge in [-0.05, 0) is 35.4 Å². The quantitative estimate of drug-likeness (QED) is 0.646. The summed E-state index contributed by atoms with van der Waals surface area (Å²) in [5.74, 6) is -1.72. The average Bonchev–Trinajstić information content (AvgIpc) is 3.52.